The molecule has 0 atom stereocenters. The molecule has 3 heterocycles. The van der Waals surface area contributed by atoms with Gasteiger partial charge in [0.2, 0.25) is 5.95 Å². The fraction of sp³-hybridized carbons (Fsp3) is 0.154. The topological polar surface area (TPSA) is 123 Å². The second-order valence-electron chi connectivity index (χ2n) is 8.81. The quantitative estimate of drug-likeness (QED) is 0.341. The van der Waals surface area contributed by atoms with Crippen LogP contribution < -0.4 is 16.7 Å². The zero-order chi connectivity index (χ0) is 27.8. The van der Waals surface area contributed by atoms with Crippen molar-refractivity contribution in [2.75, 3.05) is 5.32 Å². The molecular weight excluding hydrogens is 530 g/mol. The maximum Gasteiger partial charge on any atom is 0.359 e. The van der Waals surface area contributed by atoms with Crippen molar-refractivity contribution in [3.63, 3.8) is 0 Å². The molecule has 0 amide bonds. The Morgan fingerprint density at radius 2 is 1.92 bits per heavy atom. The van der Waals surface area contributed by atoms with Gasteiger partial charge in [-0.05, 0) is 53.9 Å². The molecule has 0 radical (unpaired) electrons. The first-order valence-corrected chi connectivity index (χ1v) is 11.9. The molecule has 0 aliphatic carbocycles. The van der Waals surface area contributed by atoms with Crippen LogP contribution in [0.2, 0.25) is 5.02 Å². The largest absolute Gasteiger partial charge is 0.359 e. The molecule has 0 saturated heterocycles. The number of anilines is 2. The van der Waals surface area contributed by atoms with Gasteiger partial charge in [0, 0.05) is 24.8 Å². The van der Waals surface area contributed by atoms with Gasteiger partial charge >= 0.3 is 11.4 Å². The van der Waals surface area contributed by atoms with Crippen LogP contribution in [0.5, 0.6) is 0 Å². The van der Waals surface area contributed by atoms with Crippen molar-refractivity contribution in [1.82, 2.24) is 28.9 Å². The minimum atomic E-state index is -1.05. The highest BCUT2D eigenvalue weighted by atomic mass is 35.5. The Morgan fingerprint density at radius 3 is 2.64 bits per heavy atom. The zero-order valence-corrected chi connectivity index (χ0v) is 21.4. The number of rotatable bonds is 6. The summed E-state index contributed by atoms with van der Waals surface area (Å²) in [6, 6.07) is 8.66. The number of halogens is 3. The summed E-state index contributed by atoms with van der Waals surface area (Å²) in [7, 11) is 1.75. The van der Waals surface area contributed by atoms with Crippen molar-refractivity contribution in [2.45, 2.75) is 20.1 Å². The van der Waals surface area contributed by atoms with E-state index in [0.29, 0.717) is 16.8 Å². The van der Waals surface area contributed by atoms with E-state index in [9.17, 15) is 23.6 Å². The van der Waals surface area contributed by atoms with Gasteiger partial charge in [-0.25, -0.2) is 22.9 Å². The number of aromatic nitrogens is 6. The highest BCUT2D eigenvalue weighted by molar-refractivity contribution is 6.34. The van der Waals surface area contributed by atoms with Crippen molar-refractivity contribution in [3.8, 4) is 11.8 Å². The molecule has 5 rings (SSSR count). The molecule has 3 aromatic heterocycles. The van der Waals surface area contributed by atoms with Gasteiger partial charge in [-0.3, -0.25) is 14.2 Å². The predicted octanol–water partition coefficient (Wildman–Crippen LogP) is 3.91. The third-order valence-electron chi connectivity index (χ3n) is 6.03. The molecular formula is C26H19ClF2N8O2. The number of fused-ring (bicyclic) bond motifs is 1. The fourth-order valence-electron chi connectivity index (χ4n) is 4.19. The van der Waals surface area contributed by atoms with Gasteiger partial charge in [-0.1, -0.05) is 11.6 Å². The van der Waals surface area contributed by atoms with Gasteiger partial charge in [-0.2, -0.15) is 15.3 Å². The lowest BCUT2D eigenvalue weighted by atomic mass is 10.0. The van der Waals surface area contributed by atoms with Crippen molar-refractivity contribution in [3.05, 3.63) is 103 Å². The smallest absolute Gasteiger partial charge is 0.324 e. The predicted molar refractivity (Wildman–Crippen MR) is 141 cm³/mol. The third-order valence-corrected chi connectivity index (χ3v) is 6.34. The van der Waals surface area contributed by atoms with Crippen LogP contribution in [0.3, 0.4) is 0 Å². The van der Waals surface area contributed by atoms with Crippen LogP contribution in [-0.4, -0.2) is 28.9 Å². The van der Waals surface area contributed by atoms with E-state index in [1.54, 1.807) is 55.3 Å². The van der Waals surface area contributed by atoms with Gasteiger partial charge < -0.3 is 5.32 Å². The van der Waals surface area contributed by atoms with Crippen LogP contribution in [0, 0.1) is 24.1 Å². The molecule has 0 saturated carbocycles. The maximum absolute atomic E-state index is 14.2. The number of pyridine rings is 1. The van der Waals surface area contributed by atoms with E-state index in [-0.39, 0.29) is 39.9 Å². The molecule has 0 unspecified atom stereocenters. The lowest BCUT2D eigenvalue weighted by Gasteiger charge is -2.17. The summed E-state index contributed by atoms with van der Waals surface area (Å²) in [6.07, 6.45) is 4.65. The Kier molecular flexibility index (Phi) is 6.67. The van der Waals surface area contributed by atoms with Crippen LogP contribution in [0.1, 0.15) is 22.3 Å². The monoisotopic (exact) mass is 548 g/mol. The first kappa shape index (κ1) is 25.7. The summed E-state index contributed by atoms with van der Waals surface area (Å²) in [5, 5.41) is 17.5. The number of hydrogen-bond donors (Lipinski definition) is 1. The molecule has 0 aliphatic heterocycles. The molecule has 0 aliphatic rings. The normalized spacial score (nSPS) is 11.1. The molecule has 39 heavy (non-hydrogen) atoms. The molecule has 13 heteroatoms. The van der Waals surface area contributed by atoms with Crippen LogP contribution in [-0.2, 0) is 20.3 Å². The van der Waals surface area contributed by atoms with Gasteiger partial charge in [0.25, 0.3) is 0 Å². The maximum atomic E-state index is 14.2. The summed E-state index contributed by atoms with van der Waals surface area (Å²) in [4.78, 5) is 35.0. The van der Waals surface area contributed by atoms with Crippen LogP contribution >= 0.6 is 11.6 Å². The van der Waals surface area contributed by atoms with Crippen molar-refractivity contribution in [1.29, 1.82) is 5.26 Å². The Balaban J connectivity index is 1.72. The lowest BCUT2D eigenvalue weighted by molar-refractivity contribution is 0.477. The van der Waals surface area contributed by atoms with E-state index in [0.717, 1.165) is 20.6 Å². The minimum absolute atomic E-state index is 0.0610. The number of nitrogens with zero attached hydrogens (tertiary/aromatic N) is 7. The number of benzene rings is 2. The van der Waals surface area contributed by atoms with Crippen molar-refractivity contribution >= 4 is 34.1 Å². The Morgan fingerprint density at radius 1 is 1.13 bits per heavy atom. The summed E-state index contributed by atoms with van der Waals surface area (Å²) >= 11 is 6.46. The summed E-state index contributed by atoms with van der Waals surface area (Å²) in [5.74, 6) is -1.08. The Labute approximate surface area is 224 Å². The second-order valence-corrected chi connectivity index (χ2v) is 9.21. The lowest BCUT2D eigenvalue weighted by Crippen LogP contribution is -2.42. The highest BCUT2D eigenvalue weighted by Gasteiger charge is 2.19. The average molecular weight is 549 g/mol. The van der Waals surface area contributed by atoms with Gasteiger partial charge in [0.15, 0.2) is 0 Å². The van der Waals surface area contributed by atoms with E-state index in [1.807, 2.05) is 0 Å². The SMILES string of the molecule is Cc1cncc(-n2c(=O)nc(Nc3cc4cn(C)nc4cc3Cl)n(Cc3cc(C#N)c(F)cc3CF)c2=O)c1. The number of alkyl halides is 1. The molecule has 196 valence electrons. The van der Waals surface area contributed by atoms with E-state index >= 15 is 0 Å². The molecule has 0 fully saturated rings. The molecule has 10 nitrogen and oxygen atoms in total. The highest BCUT2D eigenvalue weighted by Crippen LogP contribution is 2.29. The summed E-state index contributed by atoms with van der Waals surface area (Å²) in [6.45, 7) is 0.359. The summed E-state index contributed by atoms with van der Waals surface area (Å²) in [5.41, 5.74) is -0.116. The first-order chi connectivity index (χ1) is 18.7. The second kappa shape index (κ2) is 10.1. The third kappa shape index (κ3) is 4.87. The minimum Gasteiger partial charge on any atom is -0.324 e. The van der Waals surface area contributed by atoms with Crippen LogP contribution in [0.4, 0.5) is 20.4 Å². The van der Waals surface area contributed by atoms with E-state index in [4.69, 9.17) is 11.6 Å². The zero-order valence-electron chi connectivity index (χ0n) is 20.6. The first-order valence-electron chi connectivity index (χ1n) is 11.5. The van der Waals surface area contributed by atoms with E-state index in [1.165, 1.54) is 12.3 Å². The number of aryl methyl sites for hydroxylation is 2. The van der Waals surface area contributed by atoms with E-state index in [2.05, 4.69) is 20.4 Å². The number of nitriles is 1. The number of hydrogen-bond acceptors (Lipinski definition) is 7. The fourth-order valence-corrected chi connectivity index (χ4v) is 4.39. The average Bonchev–Trinajstić information content (AvgIpc) is 3.25. The van der Waals surface area contributed by atoms with Gasteiger partial charge in [0.1, 0.15) is 18.6 Å². The van der Waals surface area contributed by atoms with Crippen molar-refractivity contribution < 1.29 is 8.78 Å². The molecule has 0 spiro atoms. The Hall–Kier alpha value is -4.89. The van der Waals surface area contributed by atoms with Gasteiger partial charge in [0.05, 0.1) is 40.2 Å². The standard InChI is InChI=1S/C26H19ClF2N8O2/c1-14-3-19(11-31-10-14)37-25(38)33-24(32-23-6-18-12-35(2)34-22(18)7-20(23)27)36(26(37)39)13-17-4-16(9-30)21(29)5-15(17)8-28/h3-7,10-12H,8,13H2,1-2H3,(H,32,33,38). The van der Waals surface area contributed by atoms with E-state index < -0.39 is 23.9 Å². The molecule has 0 bridgehead atoms. The van der Waals surface area contributed by atoms with Crippen LogP contribution in [0.15, 0.2) is 58.5 Å². The molecule has 1 N–H and O–H groups in total. The van der Waals surface area contributed by atoms with Gasteiger partial charge in [-0.15, -0.1) is 0 Å². The van der Waals surface area contributed by atoms with Crippen LogP contribution in [0.25, 0.3) is 16.6 Å². The molecule has 5 aromatic rings. The van der Waals surface area contributed by atoms with Crippen molar-refractivity contribution in [2.24, 2.45) is 7.05 Å². The Bertz CT molecular complexity index is 1920. The summed E-state index contributed by atoms with van der Waals surface area (Å²) < 4.78 is 31.6. The molecule has 2 aromatic carbocycles. The number of nitrogens with one attached hydrogen (secondary N) is 1.